The van der Waals surface area contributed by atoms with Gasteiger partial charge in [-0.25, -0.2) is 0 Å². The fourth-order valence-corrected chi connectivity index (χ4v) is 2.81. The van der Waals surface area contributed by atoms with Gasteiger partial charge in [0.05, 0.1) is 7.11 Å². The summed E-state index contributed by atoms with van der Waals surface area (Å²) in [6.45, 7) is 12.4. The molecule has 0 saturated heterocycles. The summed E-state index contributed by atoms with van der Waals surface area (Å²) in [6, 6.07) is 8.59. The summed E-state index contributed by atoms with van der Waals surface area (Å²) in [5.74, 6) is 2.32. The van der Waals surface area contributed by atoms with Gasteiger partial charge in [0, 0.05) is 31.2 Å². The van der Waals surface area contributed by atoms with E-state index < -0.39 is 0 Å². The van der Waals surface area contributed by atoms with Crippen LogP contribution in [0.4, 0.5) is 0 Å². The molecule has 0 spiro atoms. The third-order valence-corrected chi connectivity index (χ3v) is 3.55. The minimum Gasteiger partial charge on any atom is -0.496 e. The topological polar surface area (TPSA) is 24.5 Å². The Labute approximate surface area is 130 Å². The van der Waals surface area contributed by atoms with Crippen molar-refractivity contribution in [1.29, 1.82) is 0 Å². The fraction of sp³-hybridized carbons (Fsp3) is 0.667. The molecular formula is C18H32N2O. The molecule has 3 heteroatoms. The van der Waals surface area contributed by atoms with Crippen LogP contribution in [-0.4, -0.2) is 38.7 Å². The van der Waals surface area contributed by atoms with E-state index in [1.807, 2.05) is 19.2 Å². The fourth-order valence-electron chi connectivity index (χ4n) is 2.81. The lowest BCUT2D eigenvalue weighted by atomic mass is 10.0. The highest BCUT2D eigenvalue weighted by atomic mass is 16.5. The monoisotopic (exact) mass is 292 g/mol. The number of ether oxygens (including phenoxy) is 1. The van der Waals surface area contributed by atoms with E-state index in [4.69, 9.17) is 4.74 Å². The minimum atomic E-state index is 0.290. The average molecular weight is 292 g/mol. The molecule has 1 N–H and O–H groups in total. The van der Waals surface area contributed by atoms with Gasteiger partial charge in [-0.2, -0.15) is 0 Å². The van der Waals surface area contributed by atoms with Gasteiger partial charge in [-0.15, -0.1) is 0 Å². The number of hydrogen-bond acceptors (Lipinski definition) is 3. The lowest BCUT2D eigenvalue weighted by Gasteiger charge is -2.30. The van der Waals surface area contributed by atoms with Crippen molar-refractivity contribution in [2.75, 3.05) is 33.8 Å². The van der Waals surface area contributed by atoms with Gasteiger partial charge in [-0.3, -0.25) is 0 Å². The molecule has 0 saturated carbocycles. The van der Waals surface area contributed by atoms with Crippen LogP contribution in [0.25, 0.3) is 0 Å². The SMILES string of the molecule is CNC(CN(CC(C)C)CC(C)C)c1ccccc1OC. The number of methoxy groups -OCH3 is 1. The Balaban J connectivity index is 2.86. The molecule has 0 bridgehead atoms. The molecule has 0 aromatic heterocycles. The first kappa shape index (κ1) is 18.0. The van der Waals surface area contributed by atoms with E-state index in [0.717, 1.165) is 25.4 Å². The van der Waals surface area contributed by atoms with Crippen LogP contribution in [0.5, 0.6) is 5.75 Å². The highest BCUT2D eigenvalue weighted by molar-refractivity contribution is 5.36. The highest BCUT2D eigenvalue weighted by Gasteiger charge is 2.19. The largest absolute Gasteiger partial charge is 0.496 e. The van der Waals surface area contributed by atoms with Crippen LogP contribution in [0.2, 0.25) is 0 Å². The Morgan fingerprint density at radius 1 is 1.00 bits per heavy atom. The van der Waals surface area contributed by atoms with E-state index in [9.17, 15) is 0 Å². The van der Waals surface area contributed by atoms with Crippen molar-refractivity contribution in [3.8, 4) is 5.75 Å². The number of likely N-dealkylation sites (N-methyl/N-ethyl adjacent to an activating group) is 1. The van der Waals surface area contributed by atoms with Gasteiger partial charge in [0.2, 0.25) is 0 Å². The molecule has 1 atom stereocenters. The lowest BCUT2D eigenvalue weighted by molar-refractivity contribution is 0.199. The second-order valence-corrected chi connectivity index (χ2v) is 6.59. The maximum absolute atomic E-state index is 5.51. The van der Waals surface area contributed by atoms with Crippen molar-refractivity contribution in [3.63, 3.8) is 0 Å². The molecular weight excluding hydrogens is 260 g/mol. The molecule has 0 fully saturated rings. The molecule has 1 aromatic rings. The molecule has 0 radical (unpaired) electrons. The van der Waals surface area contributed by atoms with Gasteiger partial charge >= 0.3 is 0 Å². The van der Waals surface area contributed by atoms with E-state index in [-0.39, 0.29) is 0 Å². The Hall–Kier alpha value is -1.06. The van der Waals surface area contributed by atoms with Crippen molar-refractivity contribution in [3.05, 3.63) is 29.8 Å². The number of benzene rings is 1. The maximum Gasteiger partial charge on any atom is 0.123 e. The number of nitrogens with one attached hydrogen (secondary N) is 1. The number of para-hydroxylation sites is 1. The van der Waals surface area contributed by atoms with Gasteiger partial charge in [-0.1, -0.05) is 45.9 Å². The second kappa shape index (κ2) is 9.06. The van der Waals surface area contributed by atoms with Gasteiger partial charge < -0.3 is 15.0 Å². The Morgan fingerprint density at radius 2 is 1.57 bits per heavy atom. The predicted octanol–water partition coefficient (Wildman–Crippen LogP) is 3.57. The summed E-state index contributed by atoms with van der Waals surface area (Å²) in [6.07, 6.45) is 0. The molecule has 1 aromatic carbocycles. The van der Waals surface area contributed by atoms with Crippen molar-refractivity contribution in [1.82, 2.24) is 10.2 Å². The van der Waals surface area contributed by atoms with Crippen LogP contribution < -0.4 is 10.1 Å². The van der Waals surface area contributed by atoms with E-state index in [2.05, 4.69) is 50.0 Å². The standard InChI is InChI=1S/C18H32N2O/c1-14(2)11-20(12-15(3)4)13-17(19-5)16-9-7-8-10-18(16)21-6/h7-10,14-15,17,19H,11-13H2,1-6H3. The van der Waals surface area contributed by atoms with Crippen LogP contribution in [0.1, 0.15) is 39.3 Å². The number of hydrogen-bond donors (Lipinski definition) is 1. The number of nitrogens with zero attached hydrogens (tertiary/aromatic N) is 1. The summed E-state index contributed by atoms with van der Waals surface area (Å²) in [4.78, 5) is 2.56. The normalized spacial score (nSPS) is 13.2. The molecule has 0 amide bonds. The Bertz CT molecular complexity index is 394. The van der Waals surface area contributed by atoms with E-state index in [1.165, 1.54) is 5.56 Å². The van der Waals surface area contributed by atoms with Crippen LogP contribution in [0.15, 0.2) is 24.3 Å². The Kier molecular flexibility index (Phi) is 7.76. The van der Waals surface area contributed by atoms with Crippen molar-refractivity contribution < 1.29 is 4.74 Å². The zero-order valence-corrected chi connectivity index (χ0v) is 14.5. The smallest absolute Gasteiger partial charge is 0.123 e. The molecule has 1 rings (SSSR count). The molecule has 0 aliphatic carbocycles. The molecule has 0 aliphatic rings. The van der Waals surface area contributed by atoms with Crippen LogP contribution in [-0.2, 0) is 0 Å². The summed E-state index contributed by atoms with van der Waals surface area (Å²) in [5.41, 5.74) is 1.24. The third kappa shape index (κ3) is 6.06. The first-order valence-electron chi connectivity index (χ1n) is 8.00. The van der Waals surface area contributed by atoms with Crippen LogP contribution in [0, 0.1) is 11.8 Å². The Morgan fingerprint density at radius 3 is 2.05 bits per heavy atom. The van der Waals surface area contributed by atoms with E-state index >= 15 is 0 Å². The van der Waals surface area contributed by atoms with Crippen molar-refractivity contribution in [2.45, 2.75) is 33.7 Å². The lowest BCUT2D eigenvalue weighted by Crippen LogP contribution is -2.38. The number of rotatable bonds is 9. The van der Waals surface area contributed by atoms with Crippen LogP contribution >= 0.6 is 0 Å². The predicted molar refractivity (Wildman–Crippen MR) is 90.9 cm³/mol. The van der Waals surface area contributed by atoms with Crippen molar-refractivity contribution >= 4 is 0 Å². The molecule has 120 valence electrons. The molecule has 0 aliphatic heterocycles. The highest BCUT2D eigenvalue weighted by Crippen LogP contribution is 2.25. The second-order valence-electron chi connectivity index (χ2n) is 6.59. The molecule has 3 nitrogen and oxygen atoms in total. The van der Waals surface area contributed by atoms with Gasteiger partial charge in [0.25, 0.3) is 0 Å². The first-order chi connectivity index (χ1) is 9.97. The third-order valence-electron chi connectivity index (χ3n) is 3.55. The molecule has 21 heavy (non-hydrogen) atoms. The average Bonchev–Trinajstić information content (AvgIpc) is 2.43. The van der Waals surface area contributed by atoms with E-state index in [1.54, 1.807) is 7.11 Å². The maximum atomic E-state index is 5.51. The van der Waals surface area contributed by atoms with Crippen molar-refractivity contribution in [2.24, 2.45) is 11.8 Å². The van der Waals surface area contributed by atoms with Gasteiger partial charge in [0.15, 0.2) is 0 Å². The minimum absolute atomic E-state index is 0.290. The zero-order chi connectivity index (χ0) is 15.8. The summed E-state index contributed by atoms with van der Waals surface area (Å²) < 4.78 is 5.51. The zero-order valence-electron chi connectivity index (χ0n) is 14.5. The van der Waals surface area contributed by atoms with Crippen LogP contribution in [0.3, 0.4) is 0 Å². The molecule has 0 heterocycles. The summed E-state index contributed by atoms with van der Waals surface area (Å²) in [7, 11) is 3.77. The first-order valence-corrected chi connectivity index (χ1v) is 8.00. The van der Waals surface area contributed by atoms with Gasteiger partial charge in [-0.05, 0) is 24.9 Å². The molecule has 1 unspecified atom stereocenters. The summed E-state index contributed by atoms with van der Waals surface area (Å²) in [5, 5.41) is 3.45. The van der Waals surface area contributed by atoms with E-state index in [0.29, 0.717) is 17.9 Å². The van der Waals surface area contributed by atoms with Gasteiger partial charge in [0.1, 0.15) is 5.75 Å². The summed E-state index contributed by atoms with van der Waals surface area (Å²) >= 11 is 0. The quantitative estimate of drug-likeness (QED) is 0.753.